The first-order valence-electron chi connectivity index (χ1n) is 8.22. The Morgan fingerprint density at radius 1 is 1.28 bits per heavy atom. The van der Waals surface area contributed by atoms with Crippen LogP contribution < -0.4 is 5.32 Å². The summed E-state index contributed by atoms with van der Waals surface area (Å²) >= 11 is 1.68. The topological polar surface area (TPSA) is 55.1 Å². The van der Waals surface area contributed by atoms with Gasteiger partial charge in [-0.25, -0.2) is 4.39 Å². The van der Waals surface area contributed by atoms with Gasteiger partial charge in [-0.3, -0.25) is 4.79 Å². The van der Waals surface area contributed by atoms with E-state index in [0.29, 0.717) is 23.6 Å². The van der Waals surface area contributed by atoms with Gasteiger partial charge in [0.25, 0.3) is 0 Å². The molecule has 25 heavy (non-hydrogen) atoms. The molecule has 1 aromatic carbocycles. The Balaban J connectivity index is 1.46. The minimum atomic E-state index is -0.623. The van der Waals surface area contributed by atoms with Crippen molar-refractivity contribution in [1.82, 2.24) is 10.5 Å². The summed E-state index contributed by atoms with van der Waals surface area (Å²) in [5, 5.41) is 9.07. The maximum atomic E-state index is 13.9. The molecule has 0 radical (unpaired) electrons. The van der Waals surface area contributed by atoms with Gasteiger partial charge >= 0.3 is 0 Å². The van der Waals surface area contributed by atoms with Gasteiger partial charge in [0.2, 0.25) is 5.91 Å². The Morgan fingerprint density at radius 2 is 2.12 bits per heavy atom. The third-order valence-electron chi connectivity index (χ3n) is 4.56. The Morgan fingerprint density at radius 3 is 2.84 bits per heavy atom. The van der Waals surface area contributed by atoms with E-state index in [4.69, 9.17) is 4.52 Å². The first-order valence-corrected chi connectivity index (χ1v) is 9.10. The fraction of sp³-hybridized carbons (Fsp3) is 0.263. The number of nitrogens with zero attached hydrogens (tertiary/aromatic N) is 1. The molecule has 2 heterocycles. The molecule has 1 saturated carbocycles. The first kappa shape index (κ1) is 16.0. The van der Waals surface area contributed by atoms with Crippen molar-refractivity contribution in [2.45, 2.75) is 24.7 Å². The average molecular weight is 356 g/mol. The fourth-order valence-electron chi connectivity index (χ4n) is 2.94. The third-order valence-corrected chi connectivity index (χ3v) is 5.50. The van der Waals surface area contributed by atoms with Gasteiger partial charge in [0.15, 0.2) is 5.76 Å². The molecule has 0 saturated heterocycles. The summed E-state index contributed by atoms with van der Waals surface area (Å²) in [7, 11) is 0. The highest BCUT2D eigenvalue weighted by Crippen LogP contribution is 2.48. The van der Waals surface area contributed by atoms with Crippen molar-refractivity contribution in [3.8, 4) is 11.3 Å². The highest BCUT2D eigenvalue weighted by atomic mass is 32.1. The van der Waals surface area contributed by atoms with Crippen LogP contribution in [0.5, 0.6) is 0 Å². The molecule has 1 aliphatic carbocycles. The van der Waals surface area contributed by atoms with Crippen molar-refractivity contribution in [2.24, 2.45) is 0 Å². The van der Waals surface area contributed by atoms with Gasteiger partial charge in [0, 0.05) is 17.5 Å². The Bertz CT molecular complexity index is 884. The number of rotatable bonds is 6. The number of thiophene rings is 1. The molecule has 1 amide bonds. The van der Waals surface area contributed by atoms with Crippen molar-refractivity contribution in [2.75, 3.05) is 6.54 Å². The van der Waals surface area contributed by atoms with Crippen LogP contribution in [0.15, 0.2) is 52.4 Å². The molecule has 2 aromatic heterocycles. The zero-order valence-electron chi connectivity index (χ0n) is 13.5. The fourth-order valence-corrected chi connectivity index (χ4v) is 3.65. The van der Waals surface area contributed by atoms with Crippen molar-refractivity contribution in [1.29, 1.82) is 0 Å². The van der Waals surface area contributed by atoms with Crippen molar-refractivity contribution in [3.63, 3.8) is 0 Å². The lowest BCUT2D eigenvalue weighted by Gasteiger charge is -2.11. The van der Waals surface area contributed by atoms with Crippen LogP contribution >= 0.6 is 11.3 Å². The van der Waals surface area contributed by atoms with Crippen molar-refractivity contribution >= 4 is 17.2 Å². The van der Waals surface area contributed by atoms with E-state index >= 15 is 0 Å². The van der Waals surface area contributed by atoms with E-state index in [1.54, 1.807) is 35.6 Å². The summed E-state index contributed by atoms with van der Waals surface area (Å²) < 4.78 is 19.2. The summed E-state index contributed by atoms with van der Waals surface area (Å²) in [5.74, 6) is -0.0429. The SMILES string of the molecule is O=C(NCCc1cccs1)C1(c2cc(-c3ccccc3F)on2)CC1. The van der Waals surface area contributed by atoms with Gasteiger partial charge in [-0.05, 0) is 42.8 Å². The number of hydrogen-bond acceptors (Lipinski definition) is 4. The van der Waals surface area contributed by atoms with Crippen LogP contribution in [-0.4, -0.2) is 17.6 Å². The van der Waals surface area contributed by atoms with Crippen LogP contribution in [0.25, 0.3) is 11.3 Å². The van der Waals surface area contributed by atoms with Gasteiger partial charge in [0.05, 0.1) is 16.7 Å². The minimum Gasteiger partial charge on any atom is -0.356 e. The minimum absolute atomic E-state index is 0.0301. The lowest BCUT2D eigenvalue weighted by molar-refractivity contribution is -0.123. The molecule has 128 valence electrons. The van der Waals surface area contributed by atoms with Crippen LogP contribution in [0.1, 0.15) is 23.4 Å². The predicted octanol–water partition coefficient (Wildman–Crippen LogP) is 3.93. The Kier molecular flexibility index (Phi) is 4.13. The summed E-state index contributed by atoms with van der Waals surface area (Å²) in [6.45, 7) is 0.596. The molecule has 1 N–H and O–H groups in total. The lowest BCUT2D eigenvalue weighted by Crippen LogP contribution is -2.36. The zero-order chi connectivity index (χ0) is 17.3. The molecule has 1 aliphatic rings. The first-order chi connectivity index (χ1) is 12.2. The second-order valence-corrected chi connectivity index (χ2v) is 7.26. The monoisotopic (exact) mass is 356 g/mol. The lowest BCUT2D eigenvalue weighted by atomic mass is 10.00. The van der Waals surface area contributed by atoms with Gasteiger partial charge in [-0.2, -0.15) is 0 Å². The number of halogens is 1. The number of carbonyl (C=O) groups excluding carboxylic acids is 1. The molecular formula is C19H17FN2O2S. The number of aromatic nitrogens is 1. The van der Waals surface area contributed by atoms with Crippen LogP contribution in [-0.2, 0) is 16.6 Å². The van der Waals surface area contributed by atoms with E-state index in [1.165, 1.54) is 10.9 Å². The van der Waals surface area contributed by atoms with E-state index in [9.17, 15) is 9.18 Å². The summed E-state index contributed by atoms with van der Waals surface area (Å²) in [5.41, 5.74) is 0.317. The quantitative estimate of drug-likeness (QED) is 0.728. The van der Waals surface area contributed by atoms with Crippen LogP contribution in [0, 0.1) is 5.82 Å². The van der Waals surface area contributed by atoms with Crippen LogP contribution in [0.4, 0.5) is 4.39 Å². The molecule has 0 aliphatic heterocycles. The number of carbonyl (C=O) groups is 1. The highest BCUT2D eigenvalue weighted by Gasteiger charge is 2.53. The smallest absolute Gasteiger partial charge is 0.232 e. The number of nitrogens with one attached hydrogen (secondary N) is 1. The van der Waals surface area contributed by atoms with Gasteiger partial charge < -0.3 is 9.84 Å². The van der Waals surface area contributed by atoms with E-state index in [0.717, 1.165) is 19.3 Å². The summed E-state index contributed by atoms with van der Waals surface area (Å²) in [4.78, 5) is 13.8. The molecule has 0 unspecified atom stereocenters. The molecule has 3 aromatic rings. The number of benzene rings is 1. The molecule has 4 rings (SSSR count). The maximum absolute atomic E-state index is 13.9. The summed E-state index contributed by atoms with van der Waals surface area (Å²) in [6, 6.07) is 12.1. The molecule has 6 heteroatoms. The average Bonchev–Trinajstić information content (AvgIpc) is 3.04. The van der Waals surface area contributed by atoms with Gasteiger partial charge in [0.1, 0.15) is 5.82 Å². The largest absolute Gasteiger partial charge is 0.356 e. The molecular weight excluding hydrogens is 339 g/mol. The second-order valence-electron chi connectivity index (χ2n) is 6.22. The Hall–Kier alpha value is -2.47. The third kappa shape index (κ3) is 3.09. The van der Waals surface area contributed by atoms with E-state index < -0.39 is 5.41 Å². The second kappa shape index (κ2) is 6.44. The van der Waals surface area contributed by atoms with Gasteiger partial charge in [-0.15, -0.1) is 11.3 Å². The standard InChI is InChI=1S/C19H17FN2O2S/c20-15-6-2-1-5-14(15)16-12-17(22-24-16)19(8-9-19)18(23)21-10-7-13-4-3-11-25-13/h1-6,11-12H,7-10H2,(H,21,23). The van der Waals surface area contributed by atoms with Crippen LogP contribution in [0.2, 0.25) is 0 Å². The van der Waals surface area contributed by atoms with Gasteiger partial charge in [-0.1, -0.05) is 23.4 Å². The molecule has 1 fully saturated rings. The Labute approximate surface area is 148 Å². The van der Waals surface area contributed by atoms with E-state index in [1.807, 2.05) is 11.4 Å². The number of amides is 1. The zero-order valence-corrected chi connectivity index (χ0v) is 14.3. The van der Waals surface area contributed by atoms with E-state index in [2.05, 4.69) is 16.5 Å². The molecule has 0 spiro atoms. The highest BCUT2D eigenvalue weighted by molar-refractivity contribution is 7.09. The maximum Gasteiger partial charge on any atom is 0.232 e. The molecule has 4 nitrogen and oxygen atoms in total. The van der Waals surface area contributed by atoms with Crippen molar-refractivity contribution < 1.29 is 13.7 Å². The normalized spacial score (nSPS) is 15.1. The van der Waals surface area contributed by atoms with Crippen LogP contribution in [0.3, 0.4) is 0 Å². The molecule has 0 atom stereocenters. The molecule has 0 bridgehead atoms. The van der Waals surface area contributed by atoms with Crippen molar-refractivity contribution in [3.05, 3.63) is 64.2 Å². The number of hydrogen-bond donors (Lipinski definition) is 1. The predicted molar refractivity (Wildman–Crippen MR) is 93.8 cm³/mol. The van der Waals surface area contributed by atoms with E-state index in [-0.39, 0.29) is 11.7 Å². The summed E-state index contributed by atoms with van der Waals surface area (Å²) in [6.07, 6.45) is 2.29.